The molecule has 1 heterocycles. The molecule has 0 fully saturated rings. The number of benzene rings is 1. The monoisotopic (exact) mass is 352 g/mol. The second-order valence-corrected chi connectivity index (χ2v) is 6.55. The molecule has 2 N–H and O–H groups in total. The molecule has 0 unspecified atom stereocenters. The van der Waals surface area contributed by atoms with Gasteiger partial charge in [0.05, 0.1) is 6.61 Å². The predicted octanol–water partition coefficient (Wildman–Crippen LogP) is 5.23. The van der Waals surface area contributed by atoms with E-state index in [2.05, 4.69) is 26.7 Å². The lowest BCUT2D eigenvalue weighted by atomic mass is 9.97. The van der Waals surface area contributed by atoms with Gasteiger partial charge < -0.3 is 15.4 Å². The van der Waals surface area contributed by atoms with Crippen LogP contribution >= 0.6 is 0 Å². The van der Waals surface area contributed by atoms with Gasteiger partial charge in [-0.05, 0) is 70.2 Å². The first-order valence-corrected chi connectivity index (χ1v) is 9.50. The van der Waals surface area contributed by atoms with Crippen LogP contribution < -0.4 is 15.4 Å². The van der Waals surface area contributed by atoms with E-state index >= 15 is 0 Å². The number of anilines is 3. The summed E-state index contributed by atoms with van der Waals surface area (Å²) in [5.74, 6) is 3.28. The molecule has 1 aliphatic carbocycles. The SMILES string of the molecule is CCOc1ccc(Nc2cc(NCCC3=CCCCC3)nc(C)n2)cc1. The highest BCUT2D eigenvalue weighted by molar-refractivity contribution is 5.60. The summed E-state index contributed by atoms with van der Waals surface area (Å²) in [6, 6.07) is 9.85. The summed E-state index contributed by atoms with van der Waals surface area (Å²) in [7, 11) is 0. The number of ether oxygens (including phenoxy) is 1. The van der Waals surface area contributed by atoms with Gasteiger partial charge in [0.1, 0.15) is 23.2 Å². The minimum Gasteiger partial charge on any atom is -0.494 e. The molecule has 2 aromatic rings. The first-order chi connectivity index (χ1) is 12.7. The molecular weight excluding hydrogens is 324 g/mol. The highest BCUT2D eigenvalue weighted by atomic mass is 16.5. The van der Waals surface area contributed by atoms with Gasteiger partial charge in [0.15, 0.2) is 0 Å². The van der Waals surface area contributed by atoms with E-state index in [0.29, 0.717) is 6.61 Å². The van der Waals surface area contributed by atoms with Crippen LogP contribution in [0.25, 0.3) is 0 Å². The van der Waals surface area contributed by atoms with Crippen molar-refractivity contribution in [3.63, 3.8) is 0 Å². The Bertz CT molecular complexity index is 740. The lowest BCUT2D eigenvalue weighted by molar-refractivity contribution is 0.340. The maximum absolute atomic E-state index is 5.48. The Morgan fingerprint density at radius 2 is 1.88 bits per heavy atom. The maximum Gasteiger partial charge on any atom is 0.136 e. The van der Waals surface area contributed by atoms with Crippen molar-refractivity contribution in [2.45, 2.75) is 46.0 Å². The molecule has 0 saturated heterocycles. The zero-order valence-corrected chi connectivity index (χ0v) is 15.7. The van der Waals surface area contributed by atoms with Gasteiger partial charge in [0.2, 0.25) is 0 Å². The van der Waals surface area contributed by atoms with Crippen molar-refractivity contribution in [3.05, 3.63) is 47.8 Å². The van der Waals surface area contributed by atoms with E-state index in [1.54, 1.807) is 5.57 Å². The van der Waals surface area contributed by atoms with Crippen LogP contribution in [0.15, 0.2) is 42.0 Å². The average molecular weight is 352 g/mol. The summed E-state index contributed by atoms with van der Waals surface area (Å²) in [6.07, 6.45) is 8.63. The molecule has 0 bridgehead atoms. The van der Waals surface area contributed by atoms with E-state index in [0.717, 1.165) is 41.9 Å². The molecule has 0 saturated carbocycles. The number of nitrogens with one attached hydrogen (secondary N) is 2. The highest BCUT2D eigenvalue weighted by Gasteiger charge is 2.05. The third kappa shape index (κ3) is 5.48. The molecule has 26 heavy (non-hydrogen) atoms. The van der Waals surface area contributed by atoms with Crippen LogP contribution in [-0.4, -0.2) is 23.1 Å². The zero-order valence-electron chi connectivity index (χ0n) is 15.7. The van der Waals surface area contributed by atoms with E-state index in [-0.39, 0.29) is 0 Å². The normalized spacial score (nSPS) is 13.8. The molecule has 3 rings (SSSR count). The van der Waals surface area contributed by atoms with Gasteiger partial charge >= 0.3 is 0 Å². The number of hydrogen-bond acceptors (Lipinski definition) is 5. The zero-order chi connectivity index (χ0) is 18.2. The third-order valence-electron chi connectivity index (χ3n) is 4.41. The van der Waals surface area contributed by atoms with Crippen LogP contribution in [0.4, 0.5) is 17.3 Å². The molecule has 0 spiro atoms. The third-order valence-corrected chi connectivity index (χ3v) is 4.41. The molecule has 5 heteroatoms. The lowest BCUT2D eigenvalue weighted by Crippen LogP contribution is -2.08. The Kier molecular flexibility index (Phi) is 6.47. The van der Waals surface area contributed by atoms with Gasteiger partial charge in [-0.2, -0.15) is 0 Å². The summed E-state index contributed by atoms with van der Waals surface area (Å²) >= 11 is 0. The number of rotatable bonds is 8. The topological polar surface area (TPSA) is 59.1 Å². The second-order valence-electron chi connectivity index (χ2n) is 6.55. The van der Waals surface area contributed by atoms with Crippen LogP contribution in [0.3, 0.4) is 0 Å². The Morgan fingerprint density at radius 3 is 2.62 bits per heavy atom. The fraction of sp³-hybridized carbons (Fsp3) is 0.429. The number of aryl methyl sites for hydroxylation is 1. The largest absolute Gasteiger partial charge is 0.494 e. The van der Waals surface area contributed by atoms with E-state index in [1.807, 2.05) is 44.2 Å². The summed E-state index contributed by atoms with van der Waals surface area (Å²) in [5, 5.41) is 6.77. The molecular formula is C21H28N4O. The highest BCUT2D eigenvalue weighted by Crippen LogP contribution is 2.22. The Balaban J connectivity index is 1.58. The van der Waals surface area contributed by atoms with E-state index in [9.17, 15) is 0 Å². The molecule has 0 radical (unpaired) electrons. The van der Waals surface area contributed by atoms with Crippen LogP contribution in [0, 0.1) is 6.92 Å². The van der Waals surface area contributed by atoms with Crippen LogP contribution in [0.5, 0.6) is 5.75 Å². The van der Waals surface area contributed by atoms with Crippen molar-refractivity contribution >= 4 is 17.3 Å². The molecule has 0 aliphatic heterocycles. The van der Waals surface area contributed by atoms with Crippen molar-refractivity contribution in [1.29, 1.82) is 0 Å². The minimum atomic E-state index is 0.670. The Hall–Kier alpha value is -2.56. The van der Waals surface area contributed by atoms with Gasteiger partial charge in [-0.3, -0.25) is 0 Å². The smallest absolute Gasteiger partial charge is 0.136 e. The van der Waals surface area contributed by atoms with Gasteiger partial charge in [-0.25, -0.2) is 9.97 Å². The van der Waals surface area contributed by atoms with Crippen LogP contribution in [0.2, 0.25) is 0 Å². The first kappa shape index (κ1) is 18.2. The Labute approximate surface area is 155 Å². The Morgan fingerprint density at radius 1 is 1.08 bits per heavy atom. The molecule has 1 aromatic heterocycles. The van der Waals surface area contributed by atoms with Crippen molar-refractivity contribution in [2.24, 2.45) is 0 Å². The average Bonchev–Trinajstić information content (AvgIpc) is 2.64. The molecule has 0 atom stereocenters. The van der Waals surface area contributed by atoms with Crippen LogP contribution in [-0.2, 0) is 0 Å². The van der Waals surface area contributed by atoms with E-state index < -0.39 is 0 Å². The molecule has 1 aliphatic rings. The standard InChI is InChI=1S/C21H28N4O/c1-3-26-19-11-9-18(10-12-19)25-21-15-20(23-16(2)24-21)22-14-13-17-7-5-4-6-8-17/h7,9-12,15H,3-6,8,13-14H2,1-2H3,(H2,22,23,24,25). The van der Waals surface area contributed by atoms with E-state index in [4.69, 9.17) is 4.74 Å². The number of allylic oxidation sites excluding steroid dienone is 1. The molecule has 1 aromatic carbocycles. The summed E-state index contributed by atoms with van der Waals surface area (Å²) in [6.45, 7) is 5.47. The van der Waals surface area contributed by atoms with Gasteiger partial charge in [-0.15, -0.1) is 0 Å². The summed E-state index contributed by atoms with van der Waals surface area (Å²) in [5.41, 5.74) is 2.55. The predicted molar refractivity (Wildman–Crippen MR) is 107 cm³/mol. The van der Waals surface area contributed by atoms with Crippen LogP contribution in [0.1, 0.15) is 44.9 Å². The quantitative estimate of drug-likeness (QED) is 0.637. The van der Waals surface area contributed by atoms with Crippen molar-refractivity contribution in [3.8, 4) is 5.75 Å². The number of nitrogens with zero attached hydrogens (tertiary/aromatic N) is 2. The van der Waals surface area contributed by atoms with Gasteiger partial charge in [0.25, 0.3) is 0 Å². The molecule has 5 nitrogen and oxygen atoms in total. The maximum atomic E-state index is 5.48. The van der Waals surface area contributed by atoms with Crippen molar-refractivity contribution in [2.75, 3.05) is 23.8 Å². The second kappa shape index (κ2) is 9.22. The van der Waals surface area contributed by atoms with Gasteiger partial charge in [-0.1, -0.05) is 11.6 Å². The summed E-state index contributed by atoms with van der Waals surface area (Å²) < 4.78 is 5.48. The lowest BCUT2D eigenvalue weighted by Gasteiger charge is -2.14. The van der Waals surface area contributed by atoms with Gasteiger partial charge in [0, 0.05) is 18.3 Å². The van der Waals surface area contributed by atoms with E-state index in [1.165, 1.54) is 25.7 Å². The fourth-order valence-corrected chi connectivity index (χ4v) is 3.15. The molecule has 0 amide bonds. The van der Waals surface area contributed by atoms with Crippen molar-refractivity contribution in [1.82, 2.24) is 9.97 Å². The number of hydrogen-bond donors (Lipinski definition) is 2. The first-order valence-electron chi connectivity index (χ1n) is 9.50. The van der Waals surface area contributed by atoms with Crippen molar-refractivity contribution < 1.29 is 4.74 Å². The molecule has 138 valence electrons. The minimum absolute atomic E-state index is 0.670. The fourth-order valence-electron chi connectivity index (χ4n) is 3.15. The summed E-state index contributed by atoms with van der Waals surface area (Å²) in [4.78, 5) is 8.98. The number of aromatic nitrogens is 2.